The maximum atomic E-state index is 13.9. The number of benzene rings is 2. The summed E-state index contributed by atoms with van der Waals surface area (Å²) >= 11 is 6.44. The summed E-state index contributed by atoms with van der Waals surface area (Å²) in [6.45, 7) is -0.208. The van der Waals surface area contributed by atoms with Crippen molar-refractivity contribution in [3.05, 3.63) is 75.8 Å². The van der Waals surface area contributed by atoms with Gasteiger partial charge in [-0.05, 0) is 96.5 Å². The Morgan fingerprint density at radius 2 is 1.81 bits per heavy atom. The molecule has 0 radical (unpaired) electrons. The van der Waals surface area contributed by atoms with Crippen LogP contribution < -0.4 is 0 Å². The molecule has 4 atom stereocenters. The number of imide groups is 1. The number of halogens is 1. The highest BCUT2D eigenvalue weighted by atomic mass is 35.5. The molecule has 2 aliphatic carbocycles. The van der Waals surface area contributed by atoms with Crippen LogP contribution in [-0.2, 0) is 14.2 Å². The molecular formula is C33H37BClNO6. The molecule has 0 aromatic heterocycles. The molecule has 1 saturated carbocycles. The van der Waals surface area contributed by atoms with E-state index in [4.69, 9.17) is 16.3 Å². The van der Waals surface area contributed by atoms with E-state index in [1.54, 1.807) is 17.0 Å². The molecule has 220 valence electrons. The van der Waals surface area contributed by atoms with Crippen molar-refractivity contribution in [2.24, 2.45) is 17.8 Å². The van der Waals surface area contributed by atoms with Gasteiger partial charge >= 0.3 is 7.12 Å². The van der Waals surface area contributed by atoms with Gasteiger partial charge in [-0.25, -0.2) is 0 Å². The number of amides is 2. The lowest BCUT2D eigenvalue weighted by atomic mass is 9.58. The smallest absolute Gasteiger partial charge is 0.455 e. The van der Waals surface area contributed by atoms with Gasteiger partial charge in [0.25, 0.3) is 0 Å². The van der Waals surface area contributed by atoms with Crippen molar-refractivity contribution < 1.29 is 29.5 Å². The lowest BCUT2D eigenvalue weighted by Gasteiger charge is -2.43. The summed E-state index contributed by atoms with van der Waals surface area (Å²) in [6.07, 6.45) is 8.03. The second kappa shape index (κ2) is 12.4. The van der Waals surface area contributed by atoms with Gasteiger partial charge in [0, 0.05) is 6.04 Å². The van der Waals surface area contributed by atoms with Crippen LogP contribution in [0.4, 0.5) is 0 Å². The highest BCUT2D eigenvalue weighted by Crippen LogP contribution is 2.51. The molecule has 0 bridgehead atoms. The maximum Gasteiger partial charge on any atom is 0.455 e. The molecule has 4 aliphatic rings. The lowest BCUT2D eigenvalue weighted by molar-refractivity contribution is -0.143. The molecule has 6 rings (SSSR count). The first-order valence-electron chi connectivity index (χ1n) is 15.1. The number of nitrogens with zero attached hydrogens (tertiary/aromatic N) is 1. The van der Waals surface area contributed by atoms with Gasteiger partial charge in [0.1, 0.15) is 5.75 Å². The van der Waals surface area contributed by atoms with Gasteiger partial charge in [0.15, 0.2) is 0 Å². The summed E-state index contributed by atoms with van der Waals surface area (Å²) in [5.41, 5.74) is 4.42. The normalized spacial score (nSPS) is 27.0. The number of aliphatic hydroxyl groups is 1. The van der Waals surface area contributed by atoms with Gasteiger partial charge in [-0.2, -0.15) is 0 Å². The first-order valence-corrected chi connectivity index (χ1v) is 15.5. The van der Waals surface area contributed by atoms with Crippen molar-refractivity contribution >= 4 is 42.2 Å². The zero-order chi connectivity index (χ0) is 29.4. The predicted molar refractivity (Wildman–Crippen MR) is 162 cm³/mol. The number of rotatable bonds is 7. The SMILES string of the molecule is O=C1[C@@H]2[C@@H](CC(CO)=C3[C@@H](CC/C(=C/c4ccc(O)cc4Cl)c4ccccc4)OB(O)C[C@@H]32)C(=O)N1C1CCCCC1. The number of hydrogen-bond acceptors (Lipinski definition) is 6. The quantitative estimate of drug-likeness (QED) is 0.171. The molecule has 0 spiro atoms. The molecule has 7 nitrogen and oxygen atoms in total. The van der Waals surface area contributed by atoms with Crippen molar-refractivity contribution in [2.75, 3.05) is 6.61 Å². The second-order valence-corrected chi connectivity index (χ2v) is 12.5. The number of phenols is 1. The zero-order valence-electron chi connectivity index (χ0n) is 23.6. The first-order chi connectivity index (χ1) is 20.4. The second-order valence-electron chi connectivity index (χ2n) is 12.1. The summed E-state index contributed by atoms with van der Waals surface area (Å²) in [7, 11) is -1.07. The Labute approximate surface area is 252 Å². The molecule has 0 unspecified atom stereocenters. The molecule has 2 aromatic rings. The fraction of sp³-hybridized carbons (Fsp3) is 0.455. The number of carbonyl (C=O) groups excluding carboxylic acids is 2. The minimum atomic E-state index is -1.07. The minimum absolute atomic E-state index is 0.0452. The van der Waals surface area contributed by atoms with Gasteiger partial charge < -0.3 is 19.9 Å². The molecule has 2 saturated heterocycles. The average Bonchev–Trinajstić information content (AvgIpc) is 3.25. The fourth-order valence-electron chi connectivity index (χ4n) is 7.69. The van der Waals surface area contributed by atoms with E-state index in [0.29, 0.717) is 24.3 Å². The van der Waals surface area contributed by atoms with Crippen LogP contribution in [0.25, 0.3) is 11.6 Å². The number of aromatic hydroxyl groups is 1. The van der Waals surface area contributed by atoms with Crippen LogP contribution >= 0.6 is 11.6 Å². The van der Waals surface area contributed by atoms with Gasteiger partial charge in [-0.15, -0.1) is 0 Å². The number of fused-ring (bicyclic) bond motifs is 3. The predicted octanol–water partition coefficient (Wildman–Crippen LogP) is 5.49. The van der Waals surface area contributed by atoms with E-state index in [1.165, 1.54) is 6.07 Å². The van der Waals surface area contributed by atoms with Crippen LogP contribution in [0.2, 0.25) is 11.3 Å². The highest BCUT2D eigenvalue weighted by molar-refractivity contribution is 6.43. The topological polar surface area (TPSA) is 107 Å². The Balaban J connectivity index is 1.30. The average molecular weight is 590 g/mol. The molecule has 3 N–H and O–H groups in total. The Morgan fingerprint density at radius 3 is 2.52 bits per heavy atom. The van der Waals surface area contributed by atoms with Gasteiger partial charge in [0.2, 0.25) is 11.8 Å². The molecule has 9 heteroatoms. The van der Waals surface area contributed by atoms with Crippen LogP contribution in [0.1, 0.15) is 62.5 Å². The van der Waals surface area contributed by atoms with E-state index in [9.17, 15) is 24.8 Å². The van der Waals surface area contributed by atoms with Crippen LogP contribution in [0.5, 0.6) is 5.75 Å². The first kappa shape index (κ1) is 29.2. The largest absolute Gasteiger partial charge is 0.508 e. The Hall–Kier alpha value is -2.91. The number of likely N-dealkylation sites (tertiary alicyclic amines) is 1. The Kier molecular flexibility index (Phi) is 8.59. The Morgan fingerprint density at radius 1 is 1.05 bits per heavy atom. The van der Waals surface area contributed by atoms with E-state index in [1.807, 2.05) is 36.4 Å². The number of allylic oxidation sites excluding steroid dienone is 1. The minimum Gasteiger partial charge on any atom is -0.508 e. The number of phenolic OH excluding ortho intramolecular Hbond substituents is 1. The summed E-state index contributed by atoms with van der Waals surface area (Å²) < 4.78 is 6.11. The molecule has 2 heterocycles. The standard InChI is InChI=1S/C33H37BClNO6/c35-28-17-25(38)13-11-22(28)15-21(20-7-3-1-4-8-20)12-14-29-30-23(19-37)16-26-31(27(30)18-34(41)42-29)33(40)36(32(26)39)24-9-5-2-6-10-24/h1,3-4,7-8,11,13,15,17,24,26-27,29,31,37-38,41H,2,5-6,9-10,12,14,16,18-19H2/b21-15-/t26-,27+,29-,31-/m1/s1. The van der Waals surface area contributed by atoms with Gasteiger partial charge in [-0.3, -0.25) is 14.5 Å². The van der Waals surface area contributed by atoms with E-state index >= 15 is 0 Å². The van der Waals surface area contributed by atoms with E-state index in [0.717, 1.165) is 60.0 Å². The van der Waals surface area contributed by atoms with Crippen molar-refractivity contribution in [3.63, 3.8) is 0 Å². The van der Waals surface area contributed by atoms with Crippen LogP contribution in [0.3, 0.4) is 0 Å². The molecule has 2 aromatic carbocycles. The Bertz CT molecular complexity index is 1400. The third-order valence-corrected chi connectivity index (χ3v) is 9.93. The van der Waals surface area contributed by atoms with Gasteiger partial charge in [-0.1, -0.05) is 61.2 Å². The lowest BCUT2D eigenvalue weighted by Crippen LogP contribution is -2.47. The molecule has 3 fully saturated rings. The maximum absolute atomic E-state index is 13.9. The molecular weight excluding hydrogens is 553 g/mol. The fourth-order valence-corrected chi connectivity index (χ4v) is 7.92. The summed E-state index contributed by atoms with van der Waals surface area (Å²) in [5.74, 6) is -1.49. The molecule has 2 aliphatic heterocycles. The van der Waals surface area contributed by atoms with E-state index in [2.05, 4.69) is 0 Å². The summed E-state index contributed by atoms with van der Waals surface area (Å²) in [5, 5.41) is 31.6. The van der Waals surface area contributed by atoms with Crippen LogP contribution in [0.15, 0.2) is 59.7 Å². The monoisotopic (exact) mass is 589 g/mol. The van der Waals surface area contributed by atoms with E-state index in [-0.39, 0.29) is 42.5 Å². The van der Waals surface area contributed by atoms with Crippen molar-refractivity contribution in [1.29, 1.82) is 0 Å². The molecule has 42 heavy (non-hydrogen) atoms. The van der Waals surface area contributed by atoms with Crippen molar-refractivity contribution in [1.82, 2.24) is 4.90 Å². The van der Waals surface area contributed by atoms with Crippen molar-refractivity contribution in [3.8, 4) is 5.75 Å². The van der Waals surface area contributed by atoms with Crippen LogP contribution in [0, 0.1) is 17.8 Å². The van der Waals surface area contributed by atoms with Crippen LogP contribution in [-0.4, -0.2) is 57.8 Å². The highest BCUT2D eigenvalue weighted by Gasteiger charge is 2.58. The number of aliphatic hydroxyl groups excluding tert-OH is 1. The number of carbonyl (C=O) groups is 2. The zero-order valence-corrected chi connectivity index (χ0v) is 24.4. The third-order valence-electron chi connectivity index (χ3n) is 9.61. The van der Waals surface area contributed by atoms with Crippen molar-refractivity contribution in [2.45, 2.75) is 69.8 Å². The summed E-state index contributed by atoms with van der Waals surface area (Å²) in [6, 6.07) is 14.8. The van der Waals surface area contributed by atoms with Gasteiger partial charge in [0.05, 0.1) is 29.6 Å². The molecule has 2 amide bonds. The third kappa shape index (κ3) is 5.58. The number of hydrogen-bond donors (Lipinski definition) is 3. The van der Waals surface area contributed by atoms with E-state index < -0.39 is 25.1 Å². The summed E-state index contributed by atoms with van der Waals surface area (Å²) in [4.78, 5) is 29.0.